The van der Waals surface area contributed by atoms with Gasteiger partial charge in [-0.15, -0.1) is 0 Å². The van der Waals surface area contributed by atoms with Crippen LogP contribution in [0, 0.1) is 5.92 Å². The molecule has 1 atom stereocenters. The van der Waals surface area contributed by atoms with E-state index in [4.69, 9.17) is 11.6 Å². The molecule has 1 aromatic heterocycles. The molecule has 2 heterocycles. The van der Waals surface area contributed by atoms with E-state index >= 15 is 0 Å². The SMILES string of the molecule is CCCNC(=O)CSc1nc(Cl)cc(N2CCN(C(=O)CCC3CCCC3)C(C)C2)n1. The second-order valence-corrected chi connectivity index (χ2v) is 9.87. The minimum Gasteiger partial charge on any atom is -0.355 e. The second-order valence-electron chi connectivity index (χ2n) is 8.54. The number of nitrogens with one attached hydrogen (secondary N) is 1. The van der Waals surface area contributed by atoms with Gasteiger partial charge in [0, 0.05) is 44.7 Å². The maximum absolute atomic E-state index is 12.8. The van der Waals surface area contributed by atoms with Crippen LogP contribution in [0.5, 0.6) is 0 Å². The van der Waals surface area contributed by atoms with Gasteiger partial charge in [0.2, 0.25) is 11.8 Å². The molecule has 172 valence electrons. The van der Waals surface area contributed by atoms with E-state index in [0.717, 1.165) is 24.6 Å². The summed E-state index contributed by atoms with van der Waals surface area (Å²) in [5, 5.41) is 3.71. The zero-order valence-corrected chi connectivity index (χ0v) is 20.2. The molecule has 9 heteroatoms. The topological polar surface area (TPSA) is 78.4 Å². The number of amides is 2. The molecule has 2 amide bonds. The van der Waals surface area contributed by atoms with Crippen molar-refractivity contribution in [3.8, 4) is 0 Å². The summed E-state index contributed by atoms with van der Waals surface area (Å²) in [5.41, 5.74) is 0. The standard InChI is InChI=1S/C22H34ClN5O2S/c1-3-10-24-20(29)15-31-22-25-18(23)13-19(26-22)27-11-12-28(16(2)14-27)21(30)9-8-17-6-4-5-7-17/h13,16-17H,3-12,14-15H2,1-2H3,(H,24,29). The first kappa shape index (κ1) is 24.1. The highest BCUT2D eigenvalue weighted by atomic mass is 35.5. The molecule has 3 rings (SSSR count). The van der Waals surface area contributed by atoms with Crippen molar-refractivity contribution in [3.63, 3.8) is 0 Å². The normalized spacial score (nSPS) is 19.6. The highest BCUT2D eigenvalue weighted by Crippen LogP contribution is 2.29. The number of rotatable bonds is 9. The number of nitrogens with zero attached hydrogens (tertiary/aromatic N) is 4. The first-order chi connectivity index (χ1) is 15.0. The Morgan fingerprint density at radius 1 is 1.26 bits per heavy atom. The van der Waals surface area contributed by atoms with Gasteiger partial charge in [-0.1, -0.05) is 56.0 Å². The lowest BCUT2D eigenvalue weighted by molar-refractivity contribution is -0.134. The molecular formula is C22H34ClN5O2S. The fraction of sp³-hybridized carbons (Fsp3) is 0.727. The Morgan fingerprint density at radius 3 is 2.74 bits per heavy atom. The first-order valence-electron chi connectivity index (χ1n) is 11.4. The van der Waals surface area contributed by atoms with Gasteiger partial charge in [-0.05, 0) is 25.7 Å². The van der Waals surface area contributed by atoms with Crippen LogP contribution >= 0.6 is 23.4 Å². The lowest BCUT2D eigenvalue weighted by atomic mass is 10.0. The average Bonchev–Trinajstić information content (AvgIpc) is 3.28. The molecule has 0 bridgehead atoms. The molecule has 31 heavy (non-hydrogen) atoms. The van der Waals surface area contributed by atoms with Gasteiger partial charge in [-0.2, -0.15) is 0 Å². The van der Waals surface area contributed by atoms with E-state index in [9.17, 15) is 9.59 Å². The maximum atomic E-state index is 12.8. The number of thioether (sulfide) groups is 1. The number of hydrogen-bond acceptors (Lipinski definition) is 6. The van der Waals surface area contributed by atoms with Crippen LogP contribution in [0.1, 0.15) is 58.8 Å². The lowest BCUT2D eigenvalue weighted by Gasteiger charge is -2.40. The van der Waals surface area contributed by atoms with E-state index in [-0.39, 0.29) is 23.6 Å². The predicted octanol–water partition coefficient (Wildman–Crippen LogP) is 3.76. The summed E-state index contributed by atoms with van der Waals surface area (Å²) in [5.74, 6) is 1.99. The maximum Gasteiger partial charge on any atom is 0.230 e. The molecule has 0 aromatic carbocycles. The van der Waals surface area contributed by atoms with Crippen molar-refractivity contribution in [2.45, 2.75) is 70.0 Å². The third-order valence-corrected chi connectivity index (χ3v) is 7.12. The third-order valence-electron chi connectivity index (χ3n) is 6.08. The zero-order valence-electron chi connectivity index (χ0n) is 18.6. The van der Waals surface area contributed by atoms with Crippen molar-refractivity contribution in [2.75, 3.05) is 36.8 Å². The monoisotopic (exact) mass is 467 g/mol. The van der Waals surface area contributed by atoms with Gasteiger partial charge >= 0.3 is 0 Å². The number of carbonyl (C=O) groups is 2. The van der Waals surface area contributed by atoms with Crippen molar-refractivity contribution in [2.24, 2.45) is 5.92 Å². The predicted molar refractivity (Wildman–Crippen MR) is 126 cm³/mol. The Labute approximate surface area is 194 Å². The summed E-state index contributed by atoms with van der Waals surface area (Å²) in [6.45, 7) is 6.90. The van der Waals surface area contributed by atoms with E-state index in [1.807, 2.05) is 11.8 Å². The molecule has 2 aliphatic rings. The Hall–Kier alpha value is -1.54. The summed E-state index contributed by atoms with van der Waals surface area (Å²) in [7, 11) is 0. The summed E-state index contributed by atoms with van der Waals surface area (Å²) >= 11 is 7.52. The van der Waals surface area contributed by atoms with E-state index < -0.39 is 0 Å². The van der Waals surface area contributed by atoms with Crippen molar-refractivity contribution >= 4 is 41.0 Å². The number of carbonyl (C=O) groups excluding carboxylic acids is 2. The van der Waals surface area contributed by atoms with E-state index in [0.29, 0.717) is 42.9 Å². The second kappa shape index (κ2) is 11.9. The fourth-order valence-electron chi connectivity index (χ4n) is 4.36. The van der Waals surface area contributed by atoms with Gasteiger partial charge < -0.3 is 15.1 Å². The Bertz CT molecular complexity index is 759. The van der Waals surface area contributed by atoms with Gasteiger partial charge in [0.25, 0.3) is 0 Å². The third kappa shape index (κ3) is 7.24. The molecule has 1 aliphatic heterocycles. The molecule has 1 N–H and O–H groups in total. The Kier molecular flexibility index (Phi) is 9.26. The molecule has 1 saturated carbocycles. The molecule has 1 unspecified atom stereocenters. The van der Waals surface area contributed by atoms with Gasteiger partial charge in [0.05, 0.1) is 5.75 Å². The molecule has 0 spiro atoms. The van der Waals surface area contributed by atoms with Crippen molar-refractivity contribution < 1.29 is 9.59 Å². The number of anilines is 1. The number of aromatic nitrogens is 2. The highest BCUT2D eigenvalue weighted by Gasteiger charge is 2.29. The fourth-order valence-corrected chi connectivity index (χ4v) is 5.27. The number of halogens is 1. The van der Waals surface area contributed by atoms with E-state index in [2.05, 4.69) is 27.1 Å². The van der Waals surface area contributed by atoms with Crippen LogP contribution in [0.15, 0.2) is 11.2 Å². The van der Waals surface area contributed by atoms with Crippen LogP contribution in [0.25, 0.3) is 0 Å². The summed E-state index contributed by atoms with van der Waals surface area (Å²) < 4.78 is 0. The Morgan fingerprint density at radius 2 is 2.03 bits per heavy atom. The van der Waals surface area contributed by atoms with E-state index in [1.165, 1.54) is 37.4 Å². The molecule has 1 saturated heterocycles. The largest absolute Gasteiger partial charge is 0.355 e. The lowest BCUT2D eigenvalue weighted by Crippen LogP contribution is -2.54. The minimum atomic E-state index is -0.0321. The van der Waals surface area contributed by atoms with Crippen LogP contribution in [0.2, 0.25) is 5.15 Å². The van der Waals surface area contributed by atoms with Crippen molar-refractivity contribution in [3.05, 3.63) is 11.2 Å². The van der Waals surface area contributed by atoms with Gasteiger partial charge in [0.1, 0.15) is 11.0 Å². The van der Waals surface area contributed by atoms with Gasteiger partial charge in [-0.25, -0.2) is 9.97 Å². The number of hydrogen-bond donors (Lipinski definition) is 1. The quantitative estimate of drug-likeness (QED) is 0.338. The van der Waals surface area contributed by atoms with Crippen molar-refractivity contribution in [1.82, 2.24) is 20.2 Å². The first-order valence-corrected chi connectivity index (χ1v) is 12.8. The Balaban J connectivity index is 1.53. The molecule has 1 aromatic rings. The molecule has 1 aliphatic carbocycles. The van der Waals surface area contributed by atoms with Crippen LogP contribution in [-0.2, 0) is 9.59 Å². The van der Waals surface area contributed by atoms with E-state index in [1.54, 1.807) is 6.07 Å². The van der Waals surface area contributed by atoms with Crippen LogP contribution < -0.4 is 10.2 Å². The highest BCUT2D eigenvalue weighted by molar-refractivity contribution is 7.99. The van der Waals surface area contributed by atoms with Gasteiger partial charge in [-0.3, -0.25) is 9.59 Å². The molecule has 7 nitrogen and oxygen atoms in total. The summed E-state index contributed by atoms with van der Waals surface area (Å²) in [6.07, 6.45) is 7.80. The molecular weight excluding hydrogens is 434 g/mol. The van der Waals surface area contributed by atoms with Crippen LogP contribution in [0.3, 0.4) is 0 Å². The minimum absolute atomic E-state index is 0.0321. The molecule has 2 fully saturated rings. The summed E-state index contributed by atoms with van der Waals surface area (Å²) in [4.78, 5) is 37.7. The van der Waals surface area contributed by atoms with Gasteiger partial charge in [0.15, 0.2) is 5.16 Å². The average molecular weight is 468 g/mol. The van der Waals surface area contributed by atoms with Crippen molar-refractivity contribution in [1.29, 1.82) is 0 Å². The number of piperazine rings is 1. The van der Waals surface area contributed by atoms with Crippen LogP contribution in [-0.4, -0.2) is 64.7 Å². The zero-order chi connectivity index (χ0) is 22.2. The molecule has 0 radical (unpaired) electrons. The smallest absolute Gasteiger partial charge is 0.230 e. The van der Waals surface area contributed by atoms with Crippen LogP contribution in [0.4, 0.5) is 5.82 Å². The summed E-state index contributed by atoms with van der Waals surface area (Å²) in [6, 6.07) is 1.88.